The predicted octanol–water partition coefficient (Wildman–Crippen LogP) is 1.75. The molecule has 2 aliphatic rings. The van der Waals surface area contributed by atoms with Crippen molar-refractivity contribution in [3.63, 3.8) is 0 Å². The molecule has 102 valence electrons. The van der Waals surface area contributed by atoms with Crippen LogP contribution in [-0.4, -0.2) is 36.4 Å². The van der Waals surface area contributed by atoms with Crippen molar-refractivity contribution in [1.29, 1.82) is 0 Å². The van der Waals surface area contributed by atoms with Crippen LogP contribution in [0.3, 0.4) is 0 Å². The predicted molar refractivity (Wildman–Crippen MR) is 66.2 cm³/mol. The van der Waals surface area contributed by atoms with Crippen LogP contribution in [0.25, 0.3) is 0 Å². The molecular formula is C13H21NO4. The van der Waals surface area contributed by atoms with Crippen LogP contribution < -0.4 is 0 Å². The first-order valence-electron chi connectivity index (χ1n) is 6.38. The molecule has 0 spiro atoms. The molecule has 1 fully saturated rings. The van der Waals surface area contributed by atoms with Gasteiger partial charge in [0.2, 0.25) is 5.79 Å². The minimum Gasteiger partial charge on any atom is -0.463 e. The first-order chi connectivity index (χ1) is 8.33. The van der Waals surface area contributed by atoms with Gasteiger partial charge in [-0.05, 0) is 11.8 Å². The minimum absolute atomic E-state index is 0.0149. The van der Waals surface area contributed by atoms with Gasteiger partial charge in [0, 0.05) is 20.8 Å². The summed E-state index contributed by atoms with van der Waals surface area (Å²) < 4.78 is 16.7. The van der Waals surface area contributed by atoms with E-state index < -0.39 is 5.79 Å². The Labute approximate surface area is 108 Å². The lowest BCUT2D eigenvalue weighted by Gasteiger charge is -2.45. The molecule has 2 unspecified atom stereocenters. The fourth-order valence-electron chi connectivity index (χ4n) is 2.80. The van der Waals surface area contributed by atoms with E-state index in [2.05, 4.69) is 18.8 Å². The molecule has 2 aliphatic heterocycles. The van der Waals surface area contributed by atoms with Gasteiger partial charge in [-0.3, -0.25) is 4.79 Å². The third-order valence-electron chi connectivity index (χ3n) is 3.96. The third-order valence-corrected chi connectivity index (χ3v) is 3.96. The number of ether oxygens (including phenoxy) is 3. The number of fused-ring (bicyclic) bond motifs is 1. The summed E-state index contributed by atoms with van der Waals surface area (Å²) in [6, 6.07) is 0.0149. The summed E-state index contributed by atoms with van der Waals surface area (Å²) in [5, 5.41) is 0. The summed E-state index contributed by atoms with van der Waals surface area (Å²) >= 11 is 0. The van der Waals surface area contributed by atoms with Crippen LogP contribution in [0.4, 0.5) is 0 Å². The van der Waals surface area contributed by atoms with E-state index >= 15 is 0 Å². The van der Waals surface area contributed by atoms with E-state index in [0.29, 0.717) is 11.8 Å². The van der Waals surface area contributed by atoms with Gasteiger partial charge in [-0.15, -0.1) is 0 Å². The van der Waals surface area contributed by atoms with Crippen LogP contribution in [-0.2, 0) is 19.0 Å². The van der Waals surface area contributed by atoms with E-state index in [1.165, 1.54) is 6.92 Å². The average Bonchev–Trinajstić information content (AvgIpc) is 2.57. The van der Waals surface area contributed by atoms with Crippen molar-refractivity contribution < 1.29 is 19.0 Å². The Hall–Kier alpha value is -1.10. The van der Waals surface area contributed by atoms with Crippen molar-refractivity contribution in [2.24, 2.45) is 16.8 Å². The molecule has 0 aromatic carbocycles. The molecular weight excluding hydrogens is 234 g/mol. The molecule has 0 aliphatic carbocycles. The van der Waals surface area contributed by atoms with E-state index in [4.69, 9.17) is 14.2 Å². The Morgan fingerprint density at radius 3 is 2.72 bits per heavy atom. The van der Waals surface area contributed by atoms with Crippen LogP contribution in [0.15, 0.2) is 4.99 Å². The SMILES string of the molecule is CC(=O)OCC1O[C@]2(C)OC(C)=NC2[C@@H](C)[C@H]1C. The largest absolute Gasteiger partial charge is 0.463 e. The Kier molecular flexibility index (Phi) is 3.36. The zero-order chi connectivity index (χ0) is 13.5. The van der Waals surface area contributed by atoms with E-state index in [1.807, 2.05) is 13.8 Å². The highest BCUT2D eigenvalue weighted by Crippen LogP contribution is 2.42. The highest BCUT2D eigenvalue weighted by Gasteiger charge is 2.54. The number of esters is 1. The Morgan fingerprint density at radius 2 is 2.11 bits per heavy atom. The molecule has 5 nitrogen and oxygen atoms in total. The number of carbonyl (C=O) groups excluding carboxylic acids is 1. The first kappa shape index (κ1) is 13.3. The van der Waals surface area contributed by atoms with Crippen LogP contribution in [0.1, 0.15) is 34.6 Å². The van der Waals surface area contributed by atoms with Gasteiger partial charge in [0.25, 0.3) is 0 Å². The Balaban J connectivity index is 2.11. The number of nitrogens with zero attached hydrogens (tertiary/aromatic N) is 1. The fraction of sp³-hybridized carbons (Fsp3) is 0.846. The topological polar surface area (TPSA) is 57.1 Å². The highest BCUT2D eigenvalue weighted by molar-refractivity contribution is 5.75. The smallest absolute Gasteiger partial charge is 0.302 e. The first-order valence-corrected chi connectivity index (χ1v) is 6.38. The number of carbonyl (C=O) groups is 1. The number of hydrogen-bond acceptors (Lipinski definition) is 5. The molecule has 0 aromatic heterocycles. The third kappa shape index (κ3) is 2.23. The molecule has 0 N–H and O–H groups in total. The molecule has 2 rings (SSSR count). The quantitative estimate of drug-likeness (QED) is 0.705. The molecule has 0 amide bonds. The number of hydrogen-bond donors (Lipinski definition) is 0. The lowest BCUT2D eigenvalue weighted by Crippen LogP contribution is -2.56. The minimum atomic E-state index is -0.721. The molecule has 18 heavy (non-hydrogen) atoms. The van der Waals surface area contributed by atoms with Gasteiger partial charge in [-0.25, -0.2) is 4.99 Å². The molecule has 5 heteroatoms. The monoisotopic (exact) mass is 255 g/mol. The van der Waals surface area contributed by atoms with Crippen LogP contribution in [0.5, 0.6) is 0 Å². The number of rotatable bonds is 2. The van der Waals surface area contributed by atoms with Crippen molar-refractivity contribution >= 4 is 11.9 Å². The normalized spacial score (nSPS) is 42.8. The summed E-state index contributed by atoms with van der Waals surface area (Å²) in [6.07, 6.45) is -0.147. The van der Waals surface area contributed by atoms with Crippen molar-refractivity contribution in [2.45, 2.75) is 52.6 Å². The molecule has 5 atom stereocenters. The van der Waals surface area contributed by atoms with Gasteiger partial charge >= 0.3 is 5.97 Å². The lowest BCUT2D eigenvalue weighted by atomic mass is 9.79. The second-order valence-corrected chi connectivity index (χ2v) is 5.39. The zero-order valence-corrected chi connectivity index (χ0v) is 11.6. The molecule has 0 radical (unpaired) electrons. The van der Waals surface area contributed by atoms with E-state index in [9.17, 15) is 4.79 Å². The molecule has 0 aromatic rings. The van der Waals surface area contributed by atoms with Crippen LogP contribution >= 0.6 is 0 Å². The van der Waals surface area contributed by atoms with Crippen molar-refractivity contribution in [1.82, 2.24) is 0 Å². The molecule has 1 saturated heterocycles. The standard InChI is InChI=1S/C13H21NO4/c1-7-8(2)12-13(5,17-9(3)14-12)18-11(7)6-16-10(4)15/h7-8,11-12H,6H2,1-5H3/t7-,8+,11?,12?,13+/m1/s1. The lowest BCUT2D eigenvalue weighted by molar-refractivity contribution is -0.264. The van der Waals surface area contributed by atoms with E-state index in [0.717, 1.165) is 0 Å². The summed E-state index contributed by atoms with van der Waals surface area (Å²) in [4.78, 5) is 15.4. The highest BCUT2D eigenvalue weighted by atomic mass is 16.7. The maximum Gasteiger partial charge on any atom is 0.302 e. The van der Waals surface area contributed by atoms with E-state index in [1.54, 1.807) is 0 Å². The maximum atomic E-state index is 10.9. The number of aliphatic imine (C=N–C) groups is 1. The van der Waals surface area contributed by atoms with Gasteiger partial charge in [-0.1, -0.05) is 13.8 Å². The van der Waals surface area contributed by atoms with Gasteiger partial charge in [0.1, 0.15) is 12.6 Å². The molecule has 0 saturated carbocycles. The van der Waals surface area contributed by atoms with Gasteiger partial charge in [0.15, 0.2) is 5.90 Å². The Morgan fingerprint density at radius 1 is 1.44 bits per heavy atom. The van der Waals surface area contributed by atoms with E-state index in [-0.39, 0.29) is 30.6 Å². The van der Waals surface area contributed by atoms with Gasteiger partial charge in [-0.2, -0.15) is 0 Å². The van der Waals surface area contributed by atoms with Crippen molar-refractivity contribution in [3.8, 4) is 0 Å². The summed E-state index contributed by atoms with van der Waals surface area (Å²) in [5.74, 6) is 0.239. The molecule has 2 heterocycles. The van der Waals surface area contributed by atoms with Gasteiger partial charge in [0.05, 0.1) is 6.10 Å². The van der Waals surface area contributed by atoms with Crippen molar-refractivity contribution in [2.75, 3.05) is 6.61 Å². The summed E-state index contributed by atoms with van der Waals surface area (Å²) in [6.45, 7) is 9.66. The van der Waals surface area contributed by atoms with Crippen LogP contribution in [0.2, 0.25) is 0 Å². The maximum absolute atomic E-state index is 10.9. The summed E-state index contributed by atoms with van der Waals surface area (Å²) in [7, 11) is 0. The van der Waals surface area contributed by atoms with Crippen LogP contribution in [0, 0.1) is 11.8 Å². The summed E-state index contributed by atoms with van der Waals surface area (Å²) in [5.41, 5.74) is 0. The second-order valence-electron chi connectivity index (χ2n) is 5.39. The average molecular weight is 255 g/mol. The van der Waals surface area contributed by atoms with Gasteiger partial charge < -0.3 is 14.2 Å². The molecule has 0 bridgehead atoms. The second kappa shape index (κ2) is 4.53. The van der Waals surface area contributed by atoms with Crippen molar-refractivity contribution in [3.05, 3.63) is 0 Å². The fourth-order valence-corrected chi connectivity index (χ4v) is 2.80. The zero-order valence-electron chi connectivity index (χ0n) is 11.6. The Bertz CT molecular complexity index is 381.